The van der Waals surface area contributed by atoms with E-state index in [1.54, 1.807) is 0 Å². The van der Waals surface area contributed by atoms with Crippen molar-refractivity contribution in [3.63, 3.8) is 0 Å². The highest BCUT2D eigenvalue weighted by Gasteiger charge is 2.29. The number of rotatable bonds is 4. The number of hydrogen-bond acceptors (Lipinski definition) is 5. The summed E-state index contributed by atoms with van der Waals surface area (Å²) in [6.45, 7) is 0. The fraction of sp³-hybridized carbons (Fsp3) is 0.300. The third-order valence-electron chi connectivity index (χ3n) is 2.11. The Kier molecular flexibility index (Phi) is 3.97. The van der Waals surface area contributed by atoms with Crippen LogP contribution >= 0.6 is 0 Å². The van der Waals surface area contributed by atoms with Crippen LogP contribution < -0.4 is 4.74 Å². The number of hydrogen-bond donors (Lipinski definition) is 0. The van der Waals surface area contributed by atoms with Crippen molar-refractivity contribution < 1.29 is 23.6 Å². The molecule has 6 nitrogen and oxygen atoms in total. The summed E-state index contributed by atoms with van der Waals surface area (Å²) in [7, 11) is 2.33. The summed E-state index contributed by atoms with van der Waals surface area (Å²) in [4.78, 5) is 20.9. The highest BCUT2D eigenvalue weighted by atomic mass is 19.1. The van der Waals surface area contributed by atoms with Crippen molar-refractivity contribution in [1.82, 2.24) is 0 Å². The van der Waals surface area contributed by atoms with Crippen LogP contribution in [-0.4, -0.2) is 25.1 Å². The molecule has 0 aromatic heterocycles. The summed E-state index contributed by atoms with van der Waals surface area (Å²) in [5, 5.41) is 10.7. The van der Waals surface area contributed by atoms with Gasteiger partial charge in [-0.25, -0.2) is 9.18 Å². The summed E-state index contributed by atoms with van der Waals surface area (Å²) in [5.41, 5.74) is -0.884. The van der Waals surface area contributed by atoms with Gasteiger partial charge in [0, 0.05) is 6.07 Å². The SMILES string of the molecule is COC(=O)[C@H](F)c1cc(OC)ccc1[N+](=O)[O-]. The first kappa shape index (κ1) is 12.9. The quantitative estimate of drug-likeness (QED) is 0.457. The number of esters is 1. The van der Waals surface area contributed by atoms with Gasteiger partial charge < -0.3 is 9.47 Å². The van der Waals surface area contributed by atoms with Crippen LogP contribution in [0.4, 0.5) is 10.1 Å². The van der Waals surface area contributed by atoms with Crippen molar-refractivity contribution in [3.05, 3.63) is 33.9 Å². The fourth-order valence-corrected chi connectivity index (χ4v) is 1.26. The second-order valence-electron chi connectivity index (χ2n) is 3.07. The maximum absolute atomic E-state index is 13.6. The molecule has 92 valence electrons. The minimum absolute atomic E-state index is 0.220. The number of nitro benzene ring substituents is 1. The molecule has 7 heteroatoms. The van der Waals surface area contributed by atoms with E-state index in [1.807, 2.05) is 0 Å². The van der Waals surface area contributed by atoms with Crippen molar-refractivity contribution in [2.75, 3.05) is 14.2 Å². The van der Waals surface area contributed by atoms with Crippen LogP contribution in [0, 0.1) is 10.1 Å². The number of carbonyl (C=O) groups is 1. The summed E-state index contributed by atoms with van der Waals surface area (Å²) in [6.07, 6.45) is -2.21. The molecular weight excluding hydrogens is 233 g/mol. The normalized spacial score (nSPS) is 11.7. The summed E-state index contributed by atoms with van der Waals surface area (Å²) >= 11 is 0. The lowest BCUT2D eigenvalue weighted by molar-refractivity contribution is -0.386. The molecule has 1 rings (SSSR count). The zero-order chi connectivity index (χ0) is 13.0. The molecular formula is C10H10FNO5. The van der Waals surface area contributed by atoms with E-state index in [0.717, 1.165) is 19.2 Å². The largest absolute Gasteiger partial charge is 0.497 e. The van der Waals surface area contributed by atoms with Gasteiger partial charge in [-0.3, -0.25) is 10.1 Å². The predicted octanol–water partition coefficient (Wildman–Crippen LogP) is 1.79. The highest BCUT2D eigenvalue weighted by Crippen LogP contribution is 2.31. The van der Waals surface area contributed by atoms with E-state index in [4.69, 9.17) is 4.74 Å². The number of ether oxygens (including phenoxy) is 2. The third-order valence-corrected chi connectivity index (χ3v) is 2.11. The van der Waals surface area contributed by atoms with E-state index in [9.17, 15) is 19.3 Å². The molecule has 0 unspecified atom stereocenters. The van der Waals surface area contributed by atoms with Crippen molar-refractivity contribution in [3.8, 4) is 5.75 Å². The van der Waals surface area contributed by atoms with Crippen LogP contribution in [-0.2, 0) is 9.53 Å². The zero-order valence-electron chi connectivity index (χ0n) is 9.18. The Morgan fingerprint density at radius 2 is 2.12 bits per heavy atom. The summed E-state index contributed by atoms with van der Waals surface area (Å²) < 4.78 is 22.6. The van der Waals surface area contributed by atoms with E-state index < -0.39 is 22.8 Å². The molecule has 17 heavy (non-hydrogen) atoms. The standard InChI is InChI=1S/C10H10FNO5/c1-16-6-3-4-8(12(14)15)7(5-6)9(11)10(13)17-2/h3-5,9H,1-2H3/t9-/m1/s1. The van der Waals surface area contributed by atoms with Crippen molar-refractivity contribution >= 4 is 11.7 Å². The second kappa shape index (κ2) is 5.24. The van der Waals surface area contributed by atoms with Gasteiger partial charge in [-0.2, -0.15) is 0 Å². The maximum atomic E-state index is 13.6. The van der Waals surface area contributed by atoms with Crippen molar-refractivity contribution in [2.24, 2.45) is 0 Å². The minimum atomic E-state index is -2.21. The van der Waals surface area contributed by atoms with E-state index in [1.165, 1.54) is 13.2 Å². The molecule has 0 radical (unpaired) electrons. The van der Waals surface area contributed by atoms with Gasteiger partial charge in [0.1, 0.15) is 5.75 Å². The van der Waals surface area contributed by atoms with E-state index in [0.29, 0.717) is 0 Å². The average molecular weight is 243 g/mol. The van der Waals surface area contributed by atoms with E-state index in [2.05, 4.69) is 4.74 Å². The Morgan fingerprint density at radius 3 is 2.59 bits per heavy atom. The van der Waals surface area contributed by atoms with Gasteiger partial charge in [-0.1, -0.05) is 0 Å². The van der Waals surface area contributed by atoms with Gasteiger partial charge in [-0.05, 0) is 12.1 Å². The molecule has 1 aromatic rings. The lowest BCUT2D eigenvalue weighted by Gasteiger charge is -2.08. The number of halogens is 1. The summed E-state index contributed by atoms with van der Waals surface area (Å²) in [5.74, 6) is -0.974. The van der Waals surface area contributed by atoms with Gasteiger partial charge in [0.25, 0.3) is 5.69 Å². The molecule has 0 N–H and O–H groups in total. The van der Waals surface area contributed by atoms with Crippen molar-refractivity contribution in [1.29, 1.82) is 0 Å². The first-order valence-corrected chi connectivity index (χ1v) is 4.55. The molecule has 0 aliphatic carbocycles. The van der Waals surface area contributed by atoms with E-state index in [-0.39, 0.29) is 11.3 Å². The number of methoxy groups -OCH3 is 2. The molecule has 0 saturated heterocycles. The molecule has 0 amide bonds. The van der Waals surface area contributed by atoms with Crippen molar-refractivity contribution in [2.45, 2.75) is 6.17 Å². The number of alkyl halides is 1. The zero-order valence-corrected chi connectivity index (χ0v) is 9.18. The monoisotopic (exact) mass is 243 g/mol. The molecule has 0 heterocycles. The van der Waals surface area contributed by atoms with Crippen LogP contribution in [0.1, 0.15) is 11.7 Å². The summed E-state index contributed by atoms with van der Waals surface area (Å²) in [6, 6.07) is 3.48. The van der Waals surface area contributed by atoms with Gasteiger partial charge in [0.2, 0.25) is 6.17 Å². The number of benzene rings is 1. The lowest BCUT2D eigenvalue weighted by atomic mass is 10.1. The van der Waals surface area contributed by atoms with Crippen LogP contribution in [0.25, 0.3) is 0 Å². The van der Waals surface area contributed by atoms with Crippen LogP contribution in [0.3, 0.4) is 0 Å². The molecule has 0 bridgehead atoms. The molecule has 0 aliphatic rings. The smallest absolute Gasteiger partial charge is 0.345 e. The van der Waals surface area contributed by atoms with Gasteiger partial charge in [0.05, 0.1) is 24.7 Å². The molecule has 0 spiro atoms. The molecule has 0 aliphatic heterocycles. The van der Waals surface area contributed by atoms with Crippen LogP contribution in [0.2, 0.25) is 0 Å². The van der Waals surface area contributed by atoms with Crippen LogP contribution in [0.15, 0.2) is 18.2 Å². The molecule has 1 atom stereocenters. The van der Waals surface area contributed by atoms with Gasteiger partial charge >= 0.3 is 5.97 Å². The molecule has 1 aromatic carbocycles. The van der Waals surface area contributed by atoms with Gasteiger partial charge in [0.15, 0.2) is 0 Å². The molecule has 0 saturated carbocycles. The Balaban J connectivity index is 3.26. The Labute approximate surface area is 96.1 Å². The van der Waals surface area contributed by atoms with Gasteiger partial charge in [-0.15, -0.1) is 0 Å². The number of nitro groups is 1. The average Bonchev–Trinajstić information content (AvgIpc) is 2.35. The number of nitrogens with zero attached hydrogens (tertiary/aromatic N) is 1. The van der Waals surface area contributed by atoms with E-state index >= 15 is 0 Å². The minimum Gasteiger partial charge on any atom is -0.497 e. The Hall–Kier alpha value is -2.18. The first-order chi connectivity index (χ1) is 8.01. The highest BCUT2D eigenvalue weighted by molar-refractivity contribution is 5.78. The number of carbonyl (C=O) groups excluding carboxylic acids is 1. The first-order valence-electron chi connectivity index (χ1n) is 4.55. The Morgan fingerprint density at radius 1 is 1.47 bits per heavy atom. The fourth-order valence-electron chi connectivity index (χ4n) is 1.26. The van der Waals surface area contributed by atoms with Crippen LogP contribution in [0.5, 0.6) is 5.75 Å². The predicted molar refractivity (Wildman–Crippen MR) is 55.5 cm³/mol. The topological polar surface area (TPSA) is 78.7 Å². The maximum Gasteiger partial charge on any atom is 0.345 e. The Bertz CT molecular complexity index is 448. The third kappa shape index (κ3) is 2.68. The second-order valence-corrected chi connectivity index (χ2v) is 3.07. The lowest BCUT2D eigenvalue weighted by Crippen LogP contribution is -2.11. The molecule has 0 fully saturated rings.